The van der Waals surface area contributed by atoms with Gasteiger partial charge in [0, 0.05) is 29.6 Å². The molecule has 0 unspecified atom stereocenters. The van der Waals surface area contributed by atoms with E-state index in [-0.39, 0.29) is 5.91 Å². The van der Waals surface area contributed by atoms with Crippen LogP contribution in [0, 0.1) is 13.8 Å². The molecule has 0 spiro atoms. The number of carbonyl (C=O) groups is 1. The number of nitrogens with zero attached hydrogens (tertiary/aromatic N) is 2. The van der Waals surface area contributed by atoms with Crippen LogP contribution in [0.3, 0.4) is 0 Å². The molecule has 0 radical (unpaired) electrons. The predicted molar refractivity (Wildman–Crippen MR) is 119 cm³/mol. The van der Waals surface area contributed by atoms with Gasteiger partial charge in [0.2, 0.25) is 5.91 Å². The van der Waals surface area contributed by atoms with Crippen LogP contribution in [0.25, 0.3) is 0 Å². The summed E-state index contributed by atoms with van der Waals surface area (Å²) in [5.41, 5.74) is 4.14. The smallest absolute Gasteiger partial charge is 0.235 e. The summed E-state index contributed by atoms with van der Waals surface area (Å²) in [4.78, 5) is 13.5. The maximum Gasteiger partial charge on any atom is 0.235 e. The Morgan fingerprint density at radius 1 is 1.13 bits per heavy atom. The Morgan fingerprint density at radius 2 is 1.90 bits per heavy atom. The van der Waals surface area contributed by atoms with Crippen molar-refractivity contribution in [3.05, 3.63) is 82.1 Å². The Hall–Kier alpha value is -2.63. The molecule has 1 aromatic heterocycles. The third-order valence-corrected chi connectivity index (χ3v) is 6.12. The molecule has 5 nitrogen and oxygen atoms in total. The minimum atomic E-state index is -0.692. The summed E-state index contributed by atoms with van der Waals surface area (Å²) in [5, 5.41) is 8.29. The van der Waals surface area contributed by atoms with Crippen molar-refractivity contribution in [2.75, 3.05) is 18.5 Å². The fourth-order valence-electron chi connectivity index (χ4n) is 4.19. The molecule has 0 saturated carbocycles. The lowest BCUT2D eigenvalue weighted by Gasteiger charge is -2.36. The molecule has 2 heterocycles. The molecule has 1 N–H and O–H groups in total. The van der Waals surface area contributed by atoms with Gasteiger partial charge in [0.15, 0.2) is 0 Å². The Kier molecular flexibility index (Phi) is 5.93. The molecule has 156 valence electrons. The van der Waals surface area contributed by atoms with Gasteiger partial charge in [-0.3, -0.25) is 9.48 Å². The van der Waals surface area contributed by atoms with Crippen LogP contribution in [0.15, 0.2) is 54.6 Å². The molecule has 1 aliphatic heterocycles. The van der Waals surface area contributed by atoms with Crippen molar-refractivity contribution in [1.29, 1.82) is 0 Å². The molecule has 0 bridgehead atoms. The van der Waals surface area contributed by atoms with Gasteiger partial charge in [-0.1, -0.05) is 41.9 Å². The van der Waals surface area contributed by atoms with E-state index in [1.54, 1.807) is 0 Å². The molecule has 4 rings (SSSR count). The monoisotopic (exact) mass is 423 g/mol. The van der Waals surface area contributed by atoms with Crippen LogP contribution in [-0.4, -0.2) is 28.9 Å². The first-order chi connectivity index (χ1) is 14.5. The summed E-state index contributed by atoms with van der Waals surface area (Å²) in [6.07, 6.45) is 1.21. The van der Waals surface area contributed by atoms with E-state index in [1.807, 2.05) is 67.1 Å². The Balaban J connectivity index is 1.59. The van der Waals surface area contributed by atoms with Gasteiger partial charge in [-0.15, -0.1) is 0 Å². The molecule has 3 aromatic rings. The van der Waals surface area contributed by atoms with Gasteiger partial charge in [0.05, 0.1) is 17.7 Å². The quantitative estimate of drug-likeness (QED) is 0.635. The van der Waals surface area contributed by atoms with Crippen LogP contribution in [-0.2, 0) is 21.5 Å². The van der Waals surface area contributed by atoms with Crippen molar-refractivity contribution in [3.63, 3.8) is 0 Å². The number of anilines is 1. The lowest BCUT2D eigenvalue weighted by Crippen LogP contribution is -2.45. The molecular weight excluding hydrogens is 398 g/mol. The molecule has 2 aromatic carbocycles. The topological polar surface area (TPSA) is 56.2 Å². The molecule has 0 atom stereocenters. The number of benzene rings is 2. The van der Waals surface area contributed by atoms with E-state index in [4.69, 9.17) is 16.3 Å². The largest absolute Gasteiger partial charge is 0.381 e. The van der Waals surface area contributed by atoms with Crippen LogP contribution >= 0.6 is 11.6 Å². The van der Waals surface area contributed by atoms with E-state index in [0.717, 1.165) is 28.2 Å². The fourth-order valence-corrected chi connectivity index (χ4v) is 4.51. The van der Waals surface area contributed by atoms with Crippen LogP contribution in [0.5, 0.6) is 0 Å². The Labute approximate surface area is 182 Å². The van der Waals surface area contributed by atoms with Gasteiger partial charge >= 0.3 is 0 Å². The van der Waals surface area contributed by atoms with Gasteiger partial charge in [0.25, 0.3) is 0 Å². The minimum Gasteiger partial charge on any atom is -0.381 e. The highest BCUT2D eigenvalue weighted by atomic mass is 35.5. The van der Waals surface area contributed by atoms with Crippen LogP contribution in [0.1, 0.15) is 35.4 Å². The van der Waals surface area contributed by atoms with Gasteiger partial charge < -0.3 is 10.1 Å². The van der Waals surface area contributed by atoms with Crippen LogP contribution in [0.2, 0.25) is 5.02 Å². The van der Waals surface area contributed by atoms with Gasteiger partial charge in [-0.2, -0.15) is 5.10 Å². The van der Waals surface area contributed by atoms with Gasteiger partial charge in [0.1, 0.15) is 0 Å². The third-order valence-electron chi connectivity index (χ3n) is 5.79. The lowest BCUT2D eigenvalue weighted by molar-refractivity contribution is -0.125. The van der Waals surface area contributed by atoms with E-state index in [0.29, 0.717) is 37.6 Å². The number of ether oxygens (including phenoxy) is 1. The minimum absolute atomic E-state index is 0.0397. The first-order valence-corrected chi connectivity index (χ1v) is 10.6. The predicted octanol–water partition coefficient (Wildman–Crippen LogP) is 4.89. The van der Waals surface area contributed by atoms with E-state index < -0.39 is 5.41 Å². The summed E-state index contributed by atoms with van der Waals surface area (Å²) in [6.45, 7) is 5.77. The molecule has 1 amide bonds. The maximum absolute atomic E-state index is 13.5. The summed E-state index contributed by atoms with van der Waals surface area (Å²) in [7, 11) is 0. The number of halogens is 1. The van der Waals surface area contributed by atoms with E-state index in [9.17, 15) is 4.79 Å². The number of nitrogens with one attached hydrogen (secondary N) is 1. The molecule has 30 heavy (non-hydrogen) atoms. The zero-order valence-corrected chi connectivity index (χ0v) is 18.1. The average molecular weight is 424 g/mol. The second-order valence-electron chi connectivity index (χ2n) is 7.91. The van der Waals surface area contributed by atoms with E-state index in [2.05, 4.69) is 16.5 Å². The number of hydrogen-bond acceptors (Lipinski definition) is 3. The first kappa shape index (κ1) is 20.6. The van der Waals surface area contributed by atoms with Crippen molar-refractivity contribution in [3.8, 4) is 0 Å². The number of amides is 1. The highest BCUT2D eigenvalue weighted by molar-refractivity contribution is 6.31. The normalized spacial score (nSPS) is 15.7. The summed E-state index contributed by atoms with van der Waals surface area (Å²) in [6, 6.07) is 17.6. The SMILES string of the molecule is Cc1cc(C)n(Cc2cccc(NC(=O)C3(c4ccccc4Cl)CCOCC3)c2)n1. The highest BCUT2D eigenvalue weighted by Crippen LogP contribution is 2.39. The van der Waals surface area contributed by atoms with E-state index in [1.165, 1.54) is 0 Å². The van der Waals surface area contributed by atoms with Gasteiger partial charge in [-0.05, 0) is 62.1 Å². The van der Waals surface area contributed by atoms with Crippen LogP contribution in [0.4, 0.5) is 5.69 Å². The summed E-state index contributed by atoms with van der Waals surface area (Å²) >= 11 is 6.50. The second kappa shape index (κ2) is 8.62. The third kappa shape index (κ3) is 4.13. The van der Waals surface area contributed by atoms with Crippen molar-refractivity contribution < 1.29 is 9.53 Å². The molecule has 1 fully saturated rings. The fraction of sp³-hybridized carbons (Fsp3) is 0.333. The molecular formula is C24H26ClN3O2. The Morgan fingerprint density at radius 3 is 2.60 bits per heavy atom. The zero-order chi connectivity index (χ0) is 21.1. The van der Waals surface area contributed by atoms with Crippen molar-refractivity contribution in [2.45, 2.75) is 38.6 Å². The number of aryl methyl sites for hydroxylation is 2. The number of hydrogen-bond donors (Lipinski definition) is 1. The second-order valence-corrected chi connectivity index (χ2v) is 8.32. The highest BCUT2D eigenvalue weighted by Gasteiger charge is 2.43. The first-order valence-electron chi connectivity index (χ1n) is 10.2. The Bertz CT molecular complexity index is 1050. The average Bonchev–Trinajstić information content (AvgIpc) is 3.05. The standard InChI is InChI=1S/C24H26ClN3O2/c1-17-14-18(2)28(27-17)16-19-6-5-7-20(15-19)26-23(29)24(10-12-30-13-11-24)21-8-3-4-9-22(21)25/h3-9,14-15H,10-13,16H2,1-2H3,(H,26,29). The molecule has 1 saturated heterocycles. The van der Waals surface area contributed by atoms with E-state index >= 15 is 0 Å². The van der Waals surface area contributed by atoms with Crippen molar-refractivity contribution in [1.82, 2.24) is 9.78 Å². The summed E-state index contributed by atoms with van der Waals surface area (Å²) < 4.78 is 7.52. The van der Waals surface area contributed by atoms with Gasteiger partial charge in [-0.25, -0.2) is 0 Å². The number of carbonyl (C=O) groups excluding carboxylic acids is 1. The lowest BCUT2D eigenvalue weighted by atomic mass is 9.73. The number of aromatic nitrogens is 2. The zero-order valence-electron chi connectivity index (χ0n) is 17.3. The maximum atomic E-state index is 13.5. The van der Waals surface area contributed by atoms with Crippen molar-refractivity contribution >= 4 is 23.2 Å². The number of rotatable bonds is 5. The van der Waals surface area contributed by atoms with Crippen LogP contribution < -0.4 is 5.32 Å². The van der Waals surface area contributed by atoms with Crippen molar-refractivity contribution in [2.24, 2.45) is 0 Å². The molecule has 6 heteroatoms. The summed E-state index contributed by atoms with van der Waals surface area (Å²) in [5.74, 6) is -0.0397. The molecule has 0 aliphatic carbocycles. The molecule has 1 aliphatic rings.